The summed E-state index contributed by atoms with van der Waals surface area (Å²) in [5.41, 5.74) is 1.92. The van der Waals surface area contributed by atoms with Crippen LogP contribution < -0.4 is 10.6 Å². The molecule has 0 radical (unpaired) electrons. The first-order chi connectivity index (χ1) is 12.0. The molecule has 1 saturated heterocycles. The maximum absolute atomic E-state index is 12.4. The van der Waals surface area contributed by atoms with Crippen molar-refractivity contribution in [2.75, 3.05) is 11.9 Å². The molecule has 3 atom stereocenters. The fourth-order valence-corrected chi connectivity index (χ4v) is 4.20. The largest absolute Gasteiger partial charge is 0.377 e. The van der Waals surface area contributed by atoms with Crippen molar-refractivity contribution in [1.82, 2.24) is 15.1 Å². The molecular formula is C19H24N4O2. The number of hydrogen-bond acceptors (Lipinski definition) is 3. The summed E-state index contributed by atoms with van der Waals surface area (Å²) in [5.74, 6) is 0.442. The lowest BCUT2D eigenvalue weighted by Crippen LogP contribution is -2.67. The minimum atomic E-state index is -0.150. The summed E-state index contributed by atoms with van der Waals surface area (Å²) in [5, 5.41) is 10.3. The molecule has 2 aliphatic rings. The lowest BCUT2D eigenvalue weighted by atomic mass is 9.57. The molecule has 1 aromatic heterocycles. The Morgan fingerprint density at radius 3 is 2.88 bits per heavy atom. The first-order valence-corrected chi connectivity index (χ1v) is 8.79. The van der Waals surface area contributed by atoms with Gasteiger partial charge < -0.3 is 15.4 Å². The number of aromatic nitrogens is 2. The van der Waals surface area contributed by atoms with Crippen LogP contribution in [-0.4, -0.2) is 34.6 Å². The molecule has 1 aromatic carbocycles. The van der Waals surface area contributed by atoms with Gasteiger partial charge in [-0.05, 0) is 30.2 Å². The minimum absolute atomic E-state index is 0.00781. The Hall–Kier alpha value is -2.34. The Morgan fingerprint density at radius 2 is 2.16 bits per heavy atom. The summed E-state index contributed by atoms with van der Waals surface area (Å²) in [7, 11) is 0. The quantitative estimate of drug-likeness (QED) is 0.899. The van der Waals surface area contributed by atoms with E-state index in [0.717, 1.165) is 30.8 Å². The van der Waals surface area contributed by atoms with Crippen molar-refractivity contribution >= 4 is 11.7 Å². The number of amides is 2. The molecule has 6 nitrogen and oxygen atoms in total. The molecule has 1 saturated carbocycles. The van der Waals surface area contributed by atoms with E-state index in [0.29, 0.717) is 5.92 Å². The molecule has 2 aromatic rings. The van der Waals surface area contributed by atoms with E-state index < -0.39 is 0 Å². The van der Waals surface area contributed by atoms with E-state index in [4.69, 9.17) is 4.74 Å². The lowest BCUT2D eigenvalue weighted by molar-refractivity contribution is -0.107. The van der Waals surface area contributed by atoms with Crippen molar-refractivity contribution in [2.24, 2.45) is 11.3 Å². The normalized spacial score (nSPS) is 26.6. The summed E-state index contributed by atoms with van der Waals surface area (Å²) in [6.07, 6.45) is 5.00. The van der Waals surface area contributed by atoms with Crippen molar-refractivity contribution in [3.8, 4) is 0 Å². The second-order valence-electron chi connectivity index (χ2n) is 7.54. The highest BCUT2D eigenvalue weighted by Gasteiger charge is 2.59. The van der Waals surface area contributed by atoms with Crippen LogP contribution in [0.5, 0.6) is 0 Å². The average Bonchev–Trinajstić information content (AvgIpc) is 3.25. The number of benzene rings is 1. The van der Waals surface area contributed by atoms with Crippen LogP contribution in [0.25, 0.3) is 0 Å². The van der Waals surface area contributed by atoms with E-state index in [1.54, 1.807) is 6.20 Å². The number of fused-ring (bicyclic) bond motifs is 1. The summed E-state index contributed by atoms with van der Waals surface area (Å²) in [6, 6.07) is 9.78. The van der Waals surface area contributed by atoms with Crippen LogP contribution in [0, 0.1) is 11.3 Å². The van der Waals surface area contributed by atoms with Crippen LogP contribution >= 0.6 is 0 Å². The highest BCUT2D eigenvalue weighted by atomic mass is 16.5. The topological polar surface area (TPSA) is 68.2 Å². The Bertz CT molecular complexity index is 739. The average molecular weight is 340 g/mol. The monoisotopic (exact) mass is 340 g/mol. The van der Waals surface area contributed by atoms with E-state index in [2.05, 4.69) is 29.6 Å². The molecular weight excluding hydrogens is 316 g/mol. The summed E-state index contributed by atoms with van der Waals surface area (Å²) in [4.78, 5) is 12.4. The van der Waals surface area contributed by atoms with Gasteiger partial charge in [-0.3, -0.25) is 4.68 Å². The van der Waals surface area contributed by atoms with Crippen LogP contribution in [0.3, 0.4) is 0 Å². The predicted octanol–water partition coefficient (Wildman–Crippen LogP) is 2.87. The molecule has 1 aliphatic heterocycles. The second-order valence-corrected chi connectivity index (χ2v) is 7.54. The molecule has 132 valence electrons. The van der Waals surface area contributed by atoms with Crippen LogP contribution in [0.15, 0.2) is 42.7 Å². The van der Waals surface area contributed by atoms with Gasteiger partial charge in [-0.1, -0.05) is 26.0 Å². The molecule has 4 rings (SSSR count). The zero-order valence-corrected chi connectivity index (χ0v) is 14.6. The Morgan fingerprint density at radius 1 is 1.36 bits per heavy atom. The van der Waals surface area contributed by atoms with Crippen LogP contribution in [0.1, 0.15) is 25.8 Å². The molecule has 0 spiro atoms. The number of rotatable bonds is 4. The Balaban J connectivity index is 1.33. The summed E-state index contributed by atoms with van der Waals surface area (Å²) in [6.45, 7) is 5.85. The van der Waals surface area contributed by atoms with Gasteiger partial charge in [-0.25, -0.2) is 4.79 Å². The van der Waals surface area contributed by atoms with Gasteiger partial charge in [0, 0.05) is 42.1 Å². The first kappa shape index (κ1) is 16.1. The van der Waals surface area contributed by atoms with Gasteiger partial charge in [-0.2, -0.15) is 5.10 Å². The number of carbonyl (C=O) groups is 1. The molecule has 1 aliphatic carbocycles. The molecule has 0 bridgehead atoms. The van der Waals surface area contributed by atoms with Gasteiger partial charge in [0.25, 0.3) is 0 Å². The van der Waals surface area contributed by atoms with Crippen molar-refractivity contribution < 1.29 is 9.53 Å². The number of carbonyl (C=O) groups excluding carboxylic acids is 1. The number of nitrogens with zero attached hydrogens (tertiary/aromatic N) is 2. The Kier molecular flexibility index (Phi) is 4.00. The van der Waals surface area contributed by atoms with Crippen molar-refractivity contribution in [3.63, 3.8) is 0 Å². The summed E-state index contributed by atoms with van der Waals surface area (Å²) < 4.78 is 7.64. The standard InChI is InChI=1S/C19H24N4O2/c1-19(2)16(15-8-11-25-17(15)19)22-18(24)21-14-6-4-13(5-7-14)12-23-10-3-9-20-23/h3-7,9-10,15-17H,8,11-12H2,1-2H3,(H2,21,22,24)/t15-,16-,17+/m1/s1. The van der Waals surface area contributed by atoms with Gasteiger partial charge in [0.1, 0.15) is 0 Å². The minimum Gasteiger partial charge on any atom is -0.377 e. The van der Waals surface area contributed by atoms with Gasteiger partial charge in [0.15, 0.2) is 0 Å². The number of ether oxygens (including phenoxy) is 1. The highest BCUT2D eigenvalue weighted by molar-refractivity contribution is 5.89. The Labute approximate surface area is 147 Å². The smallest absolute Gasteiger partial charge is 0.319 e. The van der Waals surface area contributed by atoms with Gasteiger partial charge in [-0.15, -0.1) is 0 Å². The van der Waals surface area contributed by atoms with E-state index >= 15 is 0 Å². The molecule has 2 amide bonds. The zero-order chi connectivity index (χ0) is 17.4. The van der Waals surface area contributed by atoms with Crippen molar-refractivity contribution in [1.29, 1.82) is 0 Å². The molecule has 25 heavy (non-hydrogen) atoms. The fraction of sp³-hybridized carbons (Fsp3) is 0.474. The molecule has 2 heterocycles. The third kappa shape index (κ3) is 3.02. The molecule has 6 heteroatoms. The summed E-state index contributed by atoms with van der Waals surface area (Å²) >= 11 is 0. The predicted molar refractivity (Wildman–Crippen MR) is 95.3 cm³/mol. The molecule has 2 fully saturated rings. The van der Waals surface area contributed by atoms with Crippen LogP contribution in [-0.2, 0) is 11.3 Å². The maximum Gasteiger partial charge on any atom is 0.319 e. The second kappa shape index (κ2) is 6.19. The van der Waals surface area contributed by atoms with Crippen molar-refractivity contribution in [3.05, 3.63) is 48.3 Å². The number of urea groups is 1. The lowest BCUT2D eigenvalue weighted by Gasteiger charge is -2.54. The van der Waals surface area contributed by atoms with Gasteiger partial charge in [0.05, 0.1) is 12.6 Å². The first-order valence-electron chi connectivity index (χ1n) is 8.79. The number of nitrogens with one attached hydrogen (secondary N) is 2. The SMILES string of the molecule is CC1(C)[C@H](NC(=O)Nc2ccc(Cn3cccn3)cc2)[C@H]2CCO[C@@H]21. The van der Waals surface area contributed by atoms with E-state index in [1.165, 1.54) is 0 Å². The van der Waals surface area contributed by atoms with E-state index in [9.17, 15) is 4.79 Å². The number of anilines is 1. The number of hydrogen-bond donors (Lipinski definition) is 2. The third-order valence-corrected chi connectivity index (χ3v) is 5.50. The van der Waals surface area contributed by atoms with Crippen molar-refractivity contribution in [2.45, 2.75) is 39.0 Å². The van der Waals surface area contributed by atoms with Gasteiger partial charge >= 0.3 is 6.03 Å². The van der Waals surface area contributed by atoms with Crippen LogP contribution in [0.2, 0.25) is 0 Å². The molecule has 2 N–H and O–H groups in total. The van der Waals surface area contributed by atoms with Gasteiger partial charge in [0.2, 0.25) is 0 Å². The van der Waals surface area contributed by atoms with E-state index in [-0.39, 0.29) is 23.6 Å². The fourth-order valence-electron chi connectivity index (χ4n) is 4.20. The zero-order valence-electron chi connectivity index (χ0n) is 14.6. The highest BCUT2D eigenvalue weighted by Crippen LogP contribution is 2.52. The third-order valence-electron chi connectivity index (χ3n) is 5.50. The molecule has 0 unspecified atom stereocenters. The maximum atomic E-state index is 12.4. The van der Waals surface area contributed by atoms with Crippen LogP contribution in [0.4, 0.5) is 10.5 Å². The van der Waals surface area contributed by atoms with E-state index in [1.807, 2.05) is 41.2 Å².